The summed E-state index contributed by atoms with van der Waals surface area (Å²) in [6.45, 7) is 1.09. The minimum absolute atomic E-state index is 0.0124. The minimum Gasteiger partial charge on any atom is -0.481 e. The molecule has 0 aliphatic heterocycles. The summed E-state index contributed by atoms with van der Waals surface area (Å²) in [6.07, 6.45) is 2.63. The number of hydrogen-bond acceptors (Lipinski definition) is 4. The lowest BCUT2D eigenvalue weighted by molar-refractivity contribution is -0.139. The number of nitrogens with one attached hydrogen (secondary N) is 1. The van der Waals surface area contributed by atoms with Crippen molar-refractivity contribution in [1.29, 1.82) is 0 Å². The van der Waals surface area contributed by atoms with Crippen LogP contribution in [0.1, 0.15) is 49.1 Å². The SMILES string of the molecule is CN(CCCC(=O)O)C(=O)C1CCCC1CNC(=O)OCC1c2ccccc2-c2ccccc21. The number of carbonyl (C=O) groups excluding carboxylic acids is 2. The van der Waals surface area contributed by atoms with Crippen LogP contribution < -0.4 is 5.32 Å². The third-order valence-electron chi connectivity index (χ3n) is 7.09. The molecule has 0 saturated heterocycles. The quantitative estimate of drug-likeness (QED) is 0.578. The molecule has 180 valence electrons. The van der Waals surface area contributed by atoms with Gasteiger partial charge in [0.1, 0.15) is 6.61 Å². The fourth-order valence-electron chi connectivity index (χ4n) is 5.33. The Hall–Kier alpha value is -3.35. The van der Waals surface area contributed by atoms with Gasteiger partial charge in [0.05, 0.1) is 0 Å². The van der Waals surface area contributed by atoms with Crippen LogP contribution in [0.25, 0.3) is 11.1 Å². The molecular formula is C27H32N2O5. The fraction of sp³-hybridized carbons (Fsp3) is 0.444. The average molecular weight is 465 g/mol. The van der Waals surface area contributed by atoms with Crippen molar-refractivity contribution in [2.75, 3.05) is 26.7 Å². The lowest BCUT2D eigenvalue weighted by Crippen LogP contribution is -2.39. The van der Waals surface area contributed by atoms with Gasteiger partial charge >= 0.3 is 12.1 Å². The highest BCUT2D eigenvalue weighted by Crippen LogP contribution is 2.44. The van der Waals surface area contributed by atoms with Crippen molar-refractivity contribution in [3.8, 4) is 11.1 Å². The molecule has 7 heteroatoms. The number of carboxylic acids is 1. The van der Waals surface area contributed by atoms with Gasteiger partial charge in [-0.2, -0.15) is 0 Å². The molecule has 7 nitrogen and oxygen atoms in total. The third kappa shape index (κ3) is 5.24. The van der Waals surface area contributed by atoms with Crippen LogP contribution in [0.15, 0.2) is 48.5 Å². The van der Waals surface area contributed by atoms with Crippen molar-refractivity contribution in [2.45, 2.75) is 38.0 Å². The first kappa shape index (κ1) is 23.8. The summed E-state index contributed by atoms with van der Waals surface area (Å²) in [5, 5.41) is 11.7. The van der Waals surface area contributed by atoms with Crippen LogP contribution in [0.5, 0.6) is 0 Å². The molecule has 2 aliphatic rings. The lowest BCUT2D eigenvalue weighted by Gasteiger charge is -2.25. The molecule has 2 aliphatic carbocycles. The Labute approximate surface area is 200 Å². The van der Waals surface area contributed by atoms with Gasteiger partial charge in [-0.25, -0.2) is 4.79 Å². The summed E-state index contributed by atoms with van der Waals surface area (Å²) >= 11 is 0. The van der Waals surface area contributed by atoms with E-state index in [2.05, 4.69) is 29.6 Å². The van der Waals surface area contributed by atoms with Crippen LogP contribution in [-0.4, -0.2) is 54.7 Å². The third-order valence-corrected chi connectivity index (χ3v) is 7.09. The standard InChI is InChI=1S/C27H32N2O5/c1-29(15-7-14-25(30)31)26(32)19-13-6-8-18(19)16-28-27(33)34-17-24-22-11-4-2-9-20(22)21-10-3-5-12-23(21)24/h2-5,9-12,18-19,24H,6-8,13-17H2,1H3,(H,28,33)(H,30,31). The van der Waals surface area contributed by atoms with E-state index in [1.54, 1.807) is 11.9 Å². The van der Waals surface area contributed by atoms with Crippen molar-refractivity contribution in [1.82, 2.24) is 10.2 Å². The Bertz CT molecular complexity index is 1010. The van der Waals surface area contributed by atoms with E-state index in [4.69, 9.17) is 9.84 Å². The van der Waals surface area contributed by atoms with Crippen LogP contribution in [-0.2, 0) is 14.3 Å². The van der Waals surface area contributed by atoms with Gasteiger partial charge in [-0.15, -0.1) is 0 Å². The van der Waals surface area contributed by atoms with Crippen LogP contribution >= 0.6 is 0 Å². The Morgan fingerprint density at radius 2 is 1.68 bits per heavy atom. The van der Waals surface area contributed by atoms with Crippen LogP contribution in [0.2, 0.25) is 0 Å². The van der Waals surface area contributed by atoms with E-state index in [1.807, 2.05) is 24.3 Å². The predicted molar refractivity (Wildman–Crippen MR) is 128 cm³/mol. The number of carboxylic acid groups (broad SMARTS) is 1. The van der Waals surface area contributed by atoms with Gasteiger partial charge in [-0.05, 0) is 47.4 Å². The highest BCUT2D eigenvalue weighted by Gasteiger charge is 2.35. The van der Waals surface area contributed by atoms with Gasteiger partial charge in [0, 0.05) is 38.4 Å². The molecule has 34 heavy (non-hydrogen) atoms. The fourth-order valence-corrected chi connectivity index (χ4v) is 5.33. The number of nitrogens with zero attached hydrogens (tertiary/aromatic N) is 1. The van der Waals surface area contributed by atoms with Gasteiger partial charge in [-0.3, -0.25) is 9.59 Å². The molecule has 2 aromatic rings. The highest BCUT2D eigenvalue weighted by atomic mass is 16.5. The Balaban J connectivity index is 1.28. The summed E-state index contributed by atoms with van der Waals surface area (Å²) in [5.41, 5.74) is 4.71. The van der Waals surface area contributed by atoms with E-state index in [0.717, 1.165) is 19.3 Å². The first-order valence-corrected chi connectivity index (χ1v) is 12.0. The number of fused-ring (bicyclic) bond motifs is 3. The second kappa shape index (κ2) is 10.7. The number of carbonyl (C=O) groups is 3. The van der Waals surface area contributed by atoms with Gasteiger partial charge in [-0.1, -0.05) is 55.0 Å². The van der Waals surface area contributed by atoms with Crippen molar-refractivity contribution >= 4 is 18.0 Å². The molecule has 1 saturated carbocycles. The van der Waals surface area contributed by atoms with Crippen molar-refractivity contribution < 1.29 is 24.2 Å². The van der Waals surface area contributed by atoms with Gasteiger partial charge in [0.25, 0.3) is 0 Å². The maximum atomic E-state index is 12.8. The van der Waals surface area contributed by atoms with E-state index in [9.17, 15) is 14.4 Å². The molecule has 2 N–H and O–H groups in total. The number of aliphatic carboxylic acids is 1. The Kier molecular flexibility index (Phi) is 7.50. The summed E-state index contributed by atoms with van der Waals surface area (Å²) < 4.78 is 5.62. The molecule has 2 unspecified atom stereocenters. The molecule has 0 spiro atoms. The van der Waals surface area contributed by atoms with E-state index >= 15 is 0 Å². The maximum absolute atomic E-state index is 12.8. The van der Waals surface area contributed by atoms with Crippen LogP contribution in [0, 0.1) is 11.8 Å². The Morgan fingerprint density at radius 3 is 2.32 bits per heavy atom. The number of hydrogen-bond donors (Lipinski definition) is 2. The molecule has 0 bridgehead atoms. The van der Waals surface area contributed by atoms with Gasteiger partial charge < -0.3 is 20.1 Å². The molecule has 4 rings (SSSR count). The summed E-state index contributed by atoms with van der Waals surface area (Å²) in [4.78, 5) is 37.7. The minimum atomic E-state index is -0.855. The average Bonchev–Trinajstić information content (AvgIpc) is 3.43. The highest BCUT2D eigenvalue weighted by molar-refractivity contribution is 5.80. The number of amides is 2. The first-order valence-electron chi connectivity index (χ1n) is 12.0. The topological polar surface area (TPSA) is 95.9 Å². The molecule has 2 aromatic carbocycles. The zero-order valence-electron chi connectivity index (χ0n) is 19.5. The maximum Gasteiger partial charge on any atom is 0.407 e. The van der Waals surface area contributed by atoms with Crippen molar-refractivity contribution in [3.63, 3.8) is 0 Å². The van der Waals surface area contributed by atoms with Crippen molar-refractivity contribution in [3.05, 3.63) is 59.7 Å². The number of alkyl carbamates (subject to hydrolysis) is 1. The summed E-state index contributed by atoms with van der Waals surface area (Å²) in [6, 6.07) is 16.4. The largest absolute Gasteiger partial charge is 0.481 e. The smallest absolute Gasteiger partial charge is 0.407 e. The molecule has 0 radical (unpaired) electrons. The number of ether oxygens (including phenoxy) is 1. The zero-order valence-corrected chi connectivity index (χ0v) is 19.5. The number of benzene rings is 2. The number of rotatable bonds is 9. The van der Waals surface area contributed by atoms with E-state index in [0.29, 0.717) is 19.5 Å². The molecule has 2 amide bonds. The second-order valence-corrected chi connectivity index (χ2v) is 9.26. The van der Waals surface area contributed by atoms with Crippen molar-refractivity contribution in [2.24, 2.45) is 11.8 Å². The van der Waals surface area contributed by atoms with E-state index in [1.165, 1.54) is 22.3 Å². The lowest BCUT2D eigenvalue weighted by atomic mass is 9.94. The van der Waals surface area contributed by atoms with Gasteiger partial charge in [0.2, 0.25) is 5.91 Å². The summed E-state index contributed by atoms with van der Waals surface area (Å²) in [7, 11) is 1.72. The molecule has 0 aromatic heterocycles. The van der Waals surface area contributed by atoms with E-state index < -0.39 is 12.1 Å². The molecule has 0 heterocycles. The second-order valence-electron chi connectivity index (χ2n) is 9.26. The first-order chi connectivity index (χ1) is 16.5. The monoisotopic (exact) mass is 464 g/mol. The van der Waals surface area contributed by atoms with Crippen LogP contribution in [0.4, 0.5) is 4.79 Å². The van der Waals surface area contributed by atoms with Crippen LogP contribution in [0.3, 0.4) is 0 Å². The summed E-state index contributed by atoms with van der Waals surface area (Å²) in [5.74, 6) is -0.897. The Morgan fingerprint density at radius 1 is 1.03 bits per heavy atom. The predicted octanol–water partition coefficient (Wildman–Crippen LogP) is 4.26. The zero-order chi connectivity index (χ0) is 24.1. The molecular weight excluding hydrogens is 432 g/mol. The molecule has 1 fully saturated rings. The van der Waals surface area contributed by atoms with Gasteiger partial charge in [0.15, 0.2) is 0 Å². The van der Waals surface area contributed by atoms with E-state index in [-0.39, 0.29) is 36.7 Å². The normalized spacial score (nSPS) is 18.7. The molecule has 2 atom stereocenters.